The number of thioether (sulfide) groups is 1. The zero-order valence-corrected chi connectivity index (χ0v) is 18.7. The number of urea groups is 1. The van der Waals surface area contributed by atoms with Crippen molar-refractivity contribution < 1.29 is 19.0 Å². The molecule has 1 heterocycles. The Balaban J connectivity index is 1.62. The van der Waals surface area contributed by atoms with Gasteiger partial charge in [-0.25, -0.2) is 4.79 Å². The monoisotopic (exact) mass is 431 g/mol. The molecule has 0 bridgehead atoms. The van der Waals surface area contributed by atoms with Gasteiger partial charge in [0.25, 0.3) is 0 Å². The molecule has 0 aromatic heterocycles. The molecule has 2 amide bonds. The van der Waals surface area contributed by atoms with E-state index in [1.54, 1.807) is 21.3 Å². The lowest BCUT2D eigenvalue weighted by molar-refractivity contribution is 0.251. The van der Waals surface area contributed by atoms with Gasteiger partial charge in [0.1, 0.15) is 0 Å². The van der Waals surface area contributed by atoms with E-state index in [0.717, 1.165) is 41.4 Å². The third-order valence-electron chi connectivity index (χ3n) is 5.01. The standard InChI is InChI=1S/C22H29N3O4S/c1-15-11-17(25-7-9-30-10-8-25)5-6-18(15)24-22(26)23-14-16-12-19(27-2)21(29-4)20(13-16)28-3/h5-6,11-13H,7-10,14H2,1-4H3,(H2,23,24,26). The van der Waals surface area contributed by atoms with Crippen LogP contribution >= 0.6 is 11.8 Å². The van der Waals surface area contributed by atoms with Crippen LogP contribution in [-0.2, 0) is 6.54 Å². The van der Waals surface area contributed by atoms with Gasteiger partial charge in [0.15, 0.2) is 11.5 Å². The largest absolute Gasteiger partial charge is 0.493 e. The van der Waals surface area contributed by atoms with Gasteiger partial charge in [0.05, 0.1) is 21.3 Å². The molecule has 2 aromatic carbocycles. The van der Waals surface area contributed by atoms with Gasteiger partial charge in [-0.1, -0.05) is 0 Å². The molecule has 0 spiro atoms. The summed E-state index contributed by atoms with van der Waals surface area (Å²) >= 11 is 1.99. The summed E-state index contributed by atoms with van der Waals surface area (Å²) in [7, 11) is 4.69. The number of methoxy groups -OCH3 is 3. The van der Waals surface area contributed by atoms with Crippen molar-refractivity contribution in [2.45, 2.75) is 13.5 Å². The quantitative estimate of drug-likeness (QED) is 0.693. The van der Waals surface area contributed by atoms with E-state index in [-0.39, 0.29) is 6.03 Å². The van der Waals surface area contributed by atoms with Crippen LogP contribution in [0.1, 0.15) is 11.1 Å². The molecule has 3 rings (SSSR count). The number of anilines is 2. The summed E-state index contributed by atoms with van der Waals surface area (Å²) in [6.45, 7) is 4.46. The molecule has 30 heavy (non-hydrogen) atoms. The molecule has 0 saturated carbocycles. The highest BCUT2D eigenvalue weighted by atomic mass is 32.2. The molecular formula is C22H29N3O4S. The highest BCUT2D eigenvalue weighted by Crippen LogP contribution is 2.38. The summed E-state index contributed by atoms with van der Waals surface area (Å²) in [5.74, 6) is 3.94. The van der Waals surface area contributed by atoms with Crippen molar-refractivity contribution in [1.82, 2.24) is 5.32 Å². The number of carbonyl (C=O) groups is 1. The number of hydrogen-bond donors (Lipinski definition) is 2. The molecular weight excluding hydrogens is 402 g/mol. The van der Waals surface area contributed by atoms with E-state index in [0.29, 0.717) is 23.8 Å². The van der Waals surface area contributed by atoms with Crippen LogP contribution in [0.15, 0.2) is 30.3 Å². The normalized spacial score (nSPS) is 13.5. The summed E-state index contributed by atoms with van der Waals surface area (Å²) in [6.07, 6.45) is 0. The first kappa shape index (κ1) is 22.0. The second kappa shape index (κ2) is 10.3. The second-order valence-electron chi connectivity index (χ2n) is 6.94. The van der Waals surface area contributed by atoms with Crippen molar-refractivity contribution in [3.63, 3.8) is 0 Å². The smallest absolute Gasteiger partial charge is 0.319 e. The molecule has 1 saturated heterocycles. The fourth-order valence-electron chi connectivity index (χ4n) is 3.39. The number of benzene rings is 2. The van der Waals surface area contributed by atoms with Crippen molar-refractivity contribution in [3.05, 3.63) is 41.5 Å². The van der Waals surface area contributed by atoms with Crippen LogP contribution in [-0.4, -0.2) is 52.0 Å². The highest BCUT2D eigenvalue weighted by Gasteiger charge is 2.15. The van der Waals surface area contributed by atoms with Crippen LogP contribution in [0.5, 0.6) is 17.2 Å². The predicted octanol–water partition coefficient (Wildman–Crippen LogP) is 3.90. The minimum absolute atomic E-state index is 0.269. The molecule has 7 nitrogen and oxygen atoms in total. The van der Waals surface area contributed by atoms with Gasteiger partial charge in [-0.3, -0.25) is 0 Å². The van der Waals surface area contributed by atoms with Crippen LogP contribution in [0.3, 0.4) is 0 Å². The molecule has 162 valence electrons. The van der Waals surface area contributed by atoms with Crippen LogP contribution in [0, 0.1) is 6.92 Å². The molecule has 1 aliphatic heterocycles. The lowest BCUT2D eigenvalue weighted by Crippen LogP contribution is -2.32. The predicted molar refractivity (Wildman–Crippen MR) is 123 cm³/mol. The summed E-state index contributed by atoms with van der Waals surface area (Å²) in [6, 6.07) is 9.53. The lowest BCUT2D eigenvalue weighted by atomic mass is 10.1. The number of rotatable bonds is 7. The van der Waals surface area contributed by atoms with Gasteiger partial charge < -0.3 is 29.7 Å². The summed E-state index contributed by atoms with van der Waals surface area (Å²) in [5, 5.41) is 5.81. The van der Waals surface area contributed by atoms with Gasteiger partial charge in [0.2, 0.25) is 5.75 Å². The van der Waals surface area contributed by atoms with Crippen molar-refractivity contribution in [2.75, 3.05) is 56.1 Å². The molecule has 0 aliphatic carbocycles. The van der Waals surface area contributed by atoms with Crippen molar-refractivity contribution in [3.8, 4) is 17.2 Å². The molecule has 0 atom stereocenters. The third-order valence-corrected chi connectivity index (χ3v) is 5.95. The van der Waals surface area contributed by atoms with E-state index in [4.69, 9.17) is 14.2 Å². The highest BCUT2D eigenvalue weighted by molar-refractivity contribution is 7.99. The Morgan fingerprint density at radius 2 is 1.70 bits per heavy atom. The maximum absolute atomic E-state index is 12.4. The van der Waals surface area contributed by atoms with E-state index < -0.39 is 0 Å². The summed E-state index contributed by atoms with van der Waals surface area (Å²) < 4.78 is 16.1. The van der Waals surface area contributed by atoms with Gasteiger partial charge in [-0.05, 0) is 48.4 Å². The zero-order valence-electron chi connectivity index (χ0n) is 17.9. The number of hydrogen-bond acceptors (Lipinski definition) is 6. The minimum atomic E-state index is -0.269. The van der Waals surface area contributed by atoms with Gasteiger partial charge in [-0.15, -0.1) is 0 Å². The Kier molecular flexibility index (Phi) is 7.57. The molecule has 1 fully saturated rings. The number of nitrogens with zero attached hydrogens (tertiary/aromatic N) is 1. The Hall–Kier alpha value is -2.74. The summed E-state index contributed by atoms with van der Waals surface area (Å²) in [5.41, 5.74) is 3.88. The number of aryl methyl sites for hydroxylation is 1. The number of nitrogens with one attached hydrogen (secondary N) is 2. The van der Waals surface area contributed by atoms with E-state index >= 15 is 0 Å². The number of carbonyl (C=O) groups excluding carboxylic acids is 1. The van der Waals surface area contributed by atoms with Crippen LogP contribution < -0.4 is 29.7 Å². The minimum Gasteiger partial charge on any atom is -0.493 e. The maximum atomic E-state index is 12.4. The molecule has 2 N–H and O–H groups in total. The molecule has 8 heteroatoms. The first-order valence-corrected chi connectivity index (χ1v) is 11.0. The van der Waals surface area contributed by atoms with Crippen LogP contribution in [0.25, 0.3) is 0 Å². The third kappa shape index (κ3) is 5.24. The first-order valence-electron chi connectivity index (χ1n) is 9.82. The molecule has 2 aromatic rings. The van der Waals surface area contributed by atoms with Gasteiger partial charge in [-0.2, -0.15) is 11.8 Å². The molecule has 0 unspecified atom stereocenters. The lowest BCUT2D eigenvalue weighted by Gasteiger charge is -2.29. The average Bonchev–Trinajstić information content (AvgIpc) is 2.78. The van der Waals surface area contributed by atoms with Crippen molar-refractivity contribution in [2.24, 2.45) is 0 Å². The van der Waals surface area contributed by atoms with E-state index in [9.17, 15) is 4.79 Å². The topological polar surface area (TPSA) is 72.1 Å². The summed E-state index contributed by atoms with van der Waals surface area (Å²) in [4.78, 5) is 14.8. The van der Waals surface area contributed by atoms with Crippen molar-refractivity contribution >= 4 is 29.2 Å². The SMILES string of the molecule is COc1cc(CNC(=O)Nc2ccc(N3CCSCC3)cc2C)cc(OC)c1OC. The van der Waals surface area contributed by atoms with Gasteiger partial charge >= 0.3 is 6.03 Å². The fourth-order valence-corrected chi connectivity index (χ4v) is 4.30. The maximum Gasteiger partial charge on any atom is 0.319 e. The molecule has 1 aliphatic rings. The Bertz CT molecular complexity index is 860. The average molecular weight is 432 g/mol. The Labute approximate surface area is 182 Å². The Morgan fingerprint density at radius 3 is 2.27 bits per heavy atom. The molecule has 0 radical (unpaired) electrons. The van der Waals surface area contributed by atoms with E-state index in [2.05, 4.69) is 27.7 Å². The van der Waals surface area contributed by atoms with Crippen molar-refractivity contribution in [1.29, 1.82) is 0 Å². The van der Waals surface area contributed by atoms with Gasteiger partial charge in [0, 0.05) is 42.5 Å². The number of ether oxygens (including phenoxy) is 3. The van der Waals surface area contributed by atoms with E-state index in [1.807, 2.05) is 36.9 Å². The zero-order chi connectivity index (χ0) is 21.5. The second-order valence-corrected chi connectivity index (χ2v) is 8.16. The number of amides is 2. The van der Waals surface area contributed by atoms with Crippen LogP contribution in [0.4, 0.5) is 16.2 Å². The van der Waals surface area contributed by atoms with E-state index in [1.165, 1.54) is 5.69 Å². The fraction of sp³-hybridized carbons (Fsp3) is 0.409. The first-order chi connectivity index (χ1) is 14.5. The Morgan fingerprint density at radius 1 is 1.03 bits per heavy atom. The van der Waals surface area contributed by atoms with Crippen LogP contribution in [0.2, 0.25) is 0 Å².